The first-order valence-corrected chi connectivity index (χ1v) is 8.56. The largest absolute Gasteiger partial charge is 0.497 e. The molecule has 0 radical (unpaired) electrons. The van der Waals surface area contributed by atoms with Crippen LogP contribution in [-0.2, 0) is 9.59 Å². The van der Waals surface area contributed by atoms with E-state index in [4.69, 9.17) is 14.2 Å². The quantitative estimate of drug-likeness (QED) is 0.732. The zero-order chi connectivity index (χ0) is 19.6. The van der Waals surface area contributed by atoms with E-state index in [1.54, 1.807) is 56.6 Å². The molecule has 27 heavy (non-hydrogen) atoms. The van der Waals surface area contributed by atoms with E-state index in [2.05, 4.69) is 5.32 Å². The van der Waals surface area contributed by atoms with Crippen LogP contribution >= 0.6 is 0 Å². The number of likely N-dealkylation sites (N-methyl/N-ethyl adjacent to an activating group) is 1. The maximum absolute atomic E-state index is 12.2. The Morgan fingerprint density at radius 3 is 2.41 bits per heavy atom. The highest BCUT2D eigenvalue weighted by Gasteiger charge is 2.15. The van der Waals surface area contributed by atoms with Crippen LogP contribution in [0.2, 0.25) is 0 Å². The normalized spacial score (nSPS) is 10.0. The van der Waals surface area contributed by atoms with Crippen molar-refractivity contribution in [3.05, 3.63) is 48.5 Å². The van der Waals surface area contributed by atoms with Crippen LogP contribution in [0.4, 0.5) is 5.69 Å². The molecular weight excluding hydrogens is 348 g/mol. The Labute approximate surface area is 158 Å². The second-order valence-corrected chi connectivity index (χ2v) is 5.70. The number of hydrogen-bond acceptors (Lipinski definition) is 5. The van der Waals surface area contributed by atoms with Gasteiger partial charge in [-0.2, -0.15) is 0 Å². The van der Waals surface area contributed by atoms with E-state index in [0.717, 1.165) is 0 Å². The maximum atomic E-state index is 12.2. The van der Waals surface area contributed by atoms with Gasteiger partial charge in [0.05, 0.1) is 20.3 Å². The second-order valence-electron chi connectivity index (χ2n) is 5.70. The summed E-state index contributed by atoms with van der Waals surface area (Å²) in [5.41, 5.74) is 0.599. The van der Waals surface area contributed by atoms with Crippen molar-refractivity contribution >= 4 is 17.5 Å². The van der Waals surface area contributed by atoms with Crippen LogP contribution in [-0.4, -0.2) is 50.6 Å². The summed E-state index contributed by atoms with van der Waals surface area (Å²) in [7, 11) is 3.10. The Hall–Kier alpha value is -3.22. The fraction of sp³-hybridized carbons (Fsp3) is 0.300. The Morgan fingerprint density at radius 1 is 1.04 bits per heavy atom. The minimum atomic E-state index is -0.318. The van der Waals surface area contributed by atoms with Gasteiger partial charge in [-0.3, -0.25) is 9.59 Å². The highest BCUT2D eigenvalue weighted by Crippen LogP contribution is 2.26. The van der Waals surface area contributed by atoms with Crippen LogP contribution in [0.1, 0.15) is 6.92 Å². The predicted molar refractivity (Wildman–Crippen MR) is 102 cm³/mol. The molecule has 2 aromatic rings. The van der Waals surface area contributed by atoms with Gasteiger partial charge in [-0.1, -0.05) is 18.2 Å². The number of methoxy groups -OCH3 is 1. The molecule has 7 nitrogen and oxygen atoms in total. The number of nitrogens with zero attached hydrogens (tertiary/aromatic N) is 1. The molecule has 0 aliphatic carbocycles. The molecule has 0 aliphatic heterocycles. The average Bonchev–Trinajstić information content (AvgIpc) is 2.67. The maximum Gasteiger partial charge on any atom is 0.260 e. The van der Waals surface area contributed by atoms with E-state index in [1.807, 2.05) is 13.0 Å². The molecule has 2 aromatic carbocycles. The van der Waals surface area contributed by atoms with E-state index in [-0.39, 0.29) is 25.0 Å². The summed E-state index contributed by atoms with van der Waals surface area (Å²) < 4.78 is 16.1. The molecule has 2 amide bonds. The van der Waals surface area contributed by atoms with Gasteiger partial charge in [-0.25, -0.2) is 0 Å². The summed E-state index contributed by atoms with van der Waals surface area (Å²) in [6.45, 7) is 2.09. The average molecular weight is 372 g/mol. The van der Waals surface area contributed by atoms with Crippen molar-refractivity contribution in [3.8, 4) is 17.2 Å². The van der Waals surface area contributed by atoms with Gasteiger partial charge in [0.2, 0.25) is 5.91 Å². The molecular formula is C20H24N2O5. The zero-order valence-corrected chi connectivity index (χ0v) is 15.7. The molecule has 0 fully saturated rings. The summed E-state index contributed by atoms with van der Waals surface area (Å²) in [5, 5.41) is 2.73. The van der Waals surface area contributed by atoms with E-state index in [9.17, 15) is 9.59 Å². The summed E-state index contributed by atoms with van der Waals surface area (Å²) in [6.07, 6.45) is 0. The monoisotopic (exact) mass is 372 g/mol. The van der Waals surface area contributed by atoms with Crippen molar-refractivity contribution in [2.75, 3.05) is 39.2 Å². The first-order chi connectivity index (χ1) is 13.0. The van der Waals surface area contributed by atoms with E-state index < -0.39 is 0 Å². The molecule has 0 spiro atoms. The molecule has 0 aliphatic rings. The summed E-state index contributed by atoms with van der Waals surface area (Å²) in [4.78, 5) is 25.7. The van der Waals surface area contributed by atoms with Gasteiger partial charge in [0, 0.05) is 18.8 Å². The van der Waals surface area contributed by atoms with Crippen LogP contribution in [0, 0.1) is 0 Å². The van der Waals surface area contributed by atoms with E-state index in [1.165, 1.54) is 4.90 Å². The number of carbonyl (C=O) groups is 2. The van der Waals surface area contributed by atoms with Crippen LogP contribution in [0.25, 0.3) is 0 Å². The van der Waals surface area contributed by atoms with Crippen LogP contribution in [0.15, 0.2) is 48.5 Å². The lowest BCUT2D eigenvalue weighted by Gasteiger charge is -2.18. The van der Waals surface area contributed by atoms with Crippen molar-refractivity contribution in [2.24, 2.45) is 0 Å². The molecule has 0 saturated heterocycles. The topological polar surface area (TPSA) is 77.1 Å². The number of ether oxygens (including phenoxy) is 3. The molecule has 7 heteroatoms. The van der Waals surface area contributed by atoms with Gasteiger partial charge >= 0.3 is 0 Å². The highest BCUT2D eigenvalue weighted by atomic mass is 16.5. The molecule has 0 aromatic heterocycles. The number of carbonyl (C=O) groups excluding carboxylic acids is 2. The minimum Gasteiger partial charge on any atom is -0.497 e. The summed E-state index contributed by atoms with van der Waals surface area (Å²) in [6, 6.07) is 14.1. The van der Waals surface area contributed by atoms with Crippen molar-refractivity contribution in [1.29, 1.82) is 0 Å². The third-order valence-electron chi connectivity index (χ3n) is 3.66. The van der Waals surface area contributed by atoms with Gasteiger partial charge < -0.3 is 24.4 Å². The van der Waals surface area contributed by atoms with Gasteiger partial charge in [0.25, 0.3) is 5.91 Å². The first-order valence-electron chi connectivity index (χ1n) is 8.56. The number of hydrogen-bond donors (Lipinski definition) is 1. The van der Waals surface area contributed by atoms with E-state index in [0.29, 0.717) is 29.5 Å². The van der Waals surface area contributed by atoms with E-state index >= 15 is 0 Å². The Morgan fingerprint density at radius 2 is 1.74 bits per heavy atom. The molecule has 0 bridgehead atoms. The lowest BCUT2D eigenvalue weighted by atomic mass is 10.3. The lowest BCUT2D eigenvalue weighted by Crippen LogP contribution is -2.37. The van der Waals surface area contributed by atoms with Crippen LogP contribution < -0.4 is 19.5 Å². The molecule has 0 heterocycles. The Kier molecular flexibility index (Phi) is 7.49. The molecule has 0 atom stereocenters. The van der Waals surface area contributed by atoms with Crippen LogP contribution in [0.3, 0.4) is 0 Å². The fourth-order valence-corrected chi connectivity index (χ4v) is 2.30. The van der Waals surface area contributed by atoms with Crippen molar-refractivity contribution in [2.45, 2.75) is 6.92 Å². The first kappa shape index (κ1) is 20.1. The molecule has 0 saturated carbocycles. The molecule has 0 unspecified atom stereocenters. The standard InChI is InChI=1S/C20H24N2O5/c1-4-26-17-10-5-6-11-18(17)27-14-20(24)22(2)13-19(23)21-15-8-7-9-16(12-15)25-3/h5-12H,4,13-14H2,1-3H3,(H,21,23). The Balaban J connectivity index is 1.85. The predicted octanol–water partition coefficient (Wildman–Crippen LogP) is 2.57. The number of para-hydroxylation sites is 2. The number of rotatable bonds is 9. The van der Waals surface area contributed by atoms with Crippen LogP contribution in [0.5, 0.6) is 17.2 Å². The fourth-order valence-electron chi connectivity index (χ4n) is 2.30. The minimum absolute atomic E-state index is 0.0908. The third kappa shape index (κ3) is 6.22. The third-order valence-corrected chi connectivity index (χ3v) is 3.66. The highest BCUT2D eigenvalue weighted by molar-refractivity contribution is 5.94. The number of amides is 2. The van der Waals surface area contributed by atoms with Crippen molar-refractivity contribution in [1.82, 2.24) is 4.90 Å². The van der Waals surface area contributed by atoms with Gasteiger partial charge in [0.1, 0.15) is 5.75 Å². The van der Waals surface area contributed by atoms with Crippen molar-refractivity contribution in [3.63, 3.8) is 0 Å². The van der Waals surface area contributed by atoms with Gasteiger partial charge in [-0.05, 0) is 31.2 Å². The summed E-state index contributed by atoms with van der Waals surface area (Å²) >= 11 is 0. The molecule has 144 valence electrons. The molecule has 1 N–H and O–H groups in total. The Bertz CT molecular complexity index is 778. The number of benzene rings is 2. The smallest absolute Gasteiger partial charge is 0.260 e. The van der Waals surface area contributed by atoms with Crippen molar-refractivity contribution < 1.29 is 23.8 Å². The van der Waals surface area contributed by atoms with Gasteiger partial charge in [-0.15, -0.1) is 0 Å². The molecule has 2 rings (SSSR count). The van der Waals surface area contributed by atoms with Gasteiger partial charge in [0.15, 0.2) is 18.1 Å². The second kappa shape index (κ2) is 10.1. The number of nitrogens with one attached hydrogen (secondary N) is 1. The lowest BCUT2D eigenvalue weighted by molar-refractivity contribution is -0.135. The zero-order valence-electron chi connectivity index (χ0n) is 15.7. The summed E-state index contributed by atoms with van der Waals surface area (Å²) in [5.74, 6) is 1.07. The number of anilines is 1. The SMILES string of the molecule is CCOc1ccccc1OCC(=O)N(C)CC(=O)Nc1cccc(OC)c1.